The fourth-order valence-corrected chi connectivity index (χ4v) is 1.80. The van der Waals surface area contributed by atoms with E-state index in [9.17, 15) is 5.11 Å². The van der Waals surface area contributed by atoms with Crippen molar-refractivity contribution in [3.05, 3.63) is 35.9 Å². The number of rotatable bonds is 4. The summed E-state index contributed by atoms with van der Waals surface area (Å²) in [6.45, 7) is 8.50. The highest BCUT2D eigenvalue weighted by Crippen LogP contribution is 2.30. The van der Waals surface area contributed by atoms with Crippen LogP contribution in [-0.4, -0.2) is 11.2 Å². The van der Waals surface area contributed by atoms with Crippen LogP contribution in [0.25, 0.3) is 0 Å². The van der Waals surface area contributed by atoms with E-state index in [0.717, 1.165) is 6.42 Å². The van der Waals surface area contributed by atoms with Gasteiger partial charge in [-0.1, -0.05) is 58.0 Å². The average Bonchev–Trinajstić information content (AvgIpc) is 2.18. The van der Waals surface area contributed by atoms with Crippen molar-refractivity contribution >= 4 is 0 Å². The molecule has 0 amide bonds. The van der Waals surface area contributed by atoms with E-state index < -0.39 is 0 Å². The largest absolute Gasteiger partial charge is 0.392 e. The van der Waals surface area contributed by atoms with Crippen LogP contribution >= 0.6 is 0 Å². The van der Waals surface area contributed by atoms with E-state index in [1.54, 1.807) is 0 Å². The Labute approximate surface area is 93.1 Å². The molecule has 0 aromatic heterocycles. The first-order valence-corrected chi connectivity index (χ1v) is 5.68. The molecule has 84 valence electrons. The van der Waals surface area contributed by atoms with Gasteiger partial charge < -0.3 is 5.11 Å². The predicted molar refractivity (Wildman–Crippen MR) is 64.9 cm³/mol. The molecule has 0 saturated heterocycles. The highest BCUT2D eigenvalue weighted by molar-refractivity contribution is 5.24. The third-order valence-electron chi connectivity index (χ3n) is 3.05. The zero-order valence-corrected chi connectivity index (χ0v) is 10.2. The maximum Gasteiger partial charge on any atom is 0.0633 e. The minimum atomic E-state index is -0.278. The number of aliphatic hydroxyl groups excluding tert-OH is 1. The van der Waals surface area contributed by atoms with E-state index in [1.807, 2.05) is 18.2 Å². The van der Waals surface area contributed by atoms with Crippen molar-refractivity contribution in [2.45, 2.75) is 45.6 Å². The van der Waals surface area contributed by atoms with Gasteiger partial charge in [-0.25, -0.2) is 0 Å². The summed E-state index contributed by atoms with van der Waals surface area (Å²) in [6, 6.07) is 10.2. The molecule has 0 saturated carbocycles. The molecule has 0 radical (unpaired) electrons. The van der Waals surface area contributed by atoms with Gasteiger partial charge in [-0.15, -0.1) is 0 Å². The summed E-state index contributed by atoms with van der Waals surface area (Å²) in [4.78, 5) is 0. The van der Waals surface area contributed by atoms with Gasteiger partial charge in [0.05, 0.1) is 6.10 Å². The van der Waals surface area contributed by atoms with Crippen LogP contribution in [0.15, 0.2) is 30.3 Å². The van der Waals surface area contributed by atoms with E-state index in [-0.39, 0.29) is 11.5 Å². The van der Waals surface area contributed by atoms with Gasteiger partial charge in [-0.05, 0) is 17.9 Å². The Hall–Kier alpha value is -0.820. The molecule has 1 nitrogen and oxygen atoms in total. The first-order valence-electron chi connectivity index (χ1n) is 5.68. The Morgan fingerprint density at radius 2 is 1.67 bits per heavy atom. The molecule has 0 bridgehead atoms. The maximum absolute atomic E-state index is 10.2. The number of hydrogen-bond acceptors (Lipinski definition) is 1. The lowest BCUT2D eigenvalue weighted by molar-refractivity contribution is 0.0792. The molecular weight excluding hydrogens is 184 g/mol. The fraction of sp³-hybridized carbons (Fsp3) is 0.571. The van der Waals surface area contributed by atoms with Gasteiger partial charge in [-0.2, -0.15) is 0 Å². The van der Waals surface area contributed by atoms with Crippen molar-refractivity contribution in [2.75, 3.05) is 0 Å². The second-order valence-electron chi connectivity index (χ2n) is 5.23. The Morgan fingerprint density at radius 1 is 1.13 bits per heavy atom. The van der Waals surface area contributed by atoms with Crippen molar-refractivity contribution in [3.8, 4) is 0 Å². The van der Waals surface area contributed by atoms with Gasteiger partial charge >= 0.3 is 0 Å². The second kappa shape index (κ2) is 4.80. The lowest BCUT2D eigenvalue weighted by atomic mass is 9.76. The Balaban J connectivity index is 2.82. The molecule has 15 heavy (non-hydrogen) atoms. The van der Waals surface area contributed by atoms with E-state index in [1.165, 1.54) is 5.56 Å². The van der Waals surface area contributed by atoms with Crippen molar-refractivity contribution < 1.29 is 5.11 Å². The van der Waals surface area contributed by atoms with Gasteiger partial charge in [0.1, 0.15) is 0 Å². The quantitative estimate of drug-likeness (QED) is 0.800. The molecule has 0 spiro atoms. The maximum atomic E-state index is 10.2. The molecule has 1 N–H and O–H groups in total. The van der Waals surface area contributed by atoms with E-state index in [4.69, 9.17) is 0 Å². The predicted octanol–water partition coefficient (Wildman–Crippen LogP) is 3.37. The standard InChI is InChI=1S/C14H22O/c1-11(2)10-13(15)14(3,4)12-8-6-5-7-9-12/h5-9,11,13,15H,10H2,1-4H3. The molecule has 0 aliphatic heterocycles. The number of benzene rings is 1. The normalized spacial score (nSPS) is 14.3. The SMILES string of the molecule is CC(C)CC(O)C(C)(C)c1ccccc1. The molecule has 1 aromatic carbocycles. The molecule has 0 aliphatic carbocycles. The van der Waals surface area contributed by atoms with Crippen molar-refractivity contribution in [2.24, 2.45) is 5.92 Å². The zero-order chi connectivity index (χ0) is 11.5. The lowest BCUT2D eigenvalue weighted by Gasteiger charge is -2.32. The van der Waals surface area contributed by atoms with Crippen LogP contribution in [0.3, 0.4) is 0 Å². The van der Waals surface area contributed by atoms with Crippen LogP contribution in [-0.2, 0) is 5.41 Å². The third kappa shape index (κ3) is 3.07. The lowest BCUT2D eigenvalue weighted by Crippen LogP contribution is -2.34. The van der Waals surface area contributed by atoms with Gasteiger partial charge in [-0.3, -0.25) is 0 Å². The molecular formula is C14H22O. The molecule has 0 heterocycles. The Kier molecular flexibility index (Phi) is 3.92. The summed E-state index contributed by atoms with van der Waals surface area (Å²) in [6.07, 6.45) is 0.571. The smallest absolute Gasteiger partial charge is 0.0633 e. The van der Waals surface area contributed by atoms with Gasteiger partial charge in [0.25, 0.3) is 0 Å². The fourth-order valence-electron chi connectivity index (χ4n) is 1.80. The monoisotopic (exact) mass is 206 g/mol. The van der Waals surface area contributed by atoms with Crippen LogP contribution in [0.1, 0.15) is 39.7 Å². The van der Waals surface area contributed by atoms with Crippen molar-refractivity contribution in [3.63, 3.8) is 0 Å². The van der Waals surface area contributed by atoms with Crippen LogP contribution in [0, 0.1) is 5.92 Å². The van der Waals surface area contributed by atoms with Crippen LogP contribution < -0.4 is 0 Å². The van der Waals surface area contributed by atoms with Crippen molar-refractivity contribution in [1.29, 1.82) is 0 Å². The van der Waals surface area contributed by atoms with Gasteiger partial charge in [0, 0.05) is 5.41 Å². The second-order valence-corrected chi connectivity index (χ2v) is 5.23. The summed E-state index contributed by atoms with van der Waals surface area (Å²) in [5.41, 5.74) is 1.05. The zero-order valence-electron chi connectivity index (χ0n) is 10.2. The molecule has 1 heteroatoms. The molecule has 1 rings (SSSR count). The van der Waals surface area contributed by atoms with E-state index in [0.29, 0.717) is 5.92 Å². The minimum absolute atomic E-state index is 0.161. The van der Waals surface area contributed by atoms with Crippen molar-refractivity contribution in [1.82, 2.24) is 0 Å². The molecule has 0 fully saturated rings. The van der Waals surface area contributed by atoms with E-state index in [2.05, 4.69) is 39.8 Å². The number of hydrogen-bond donors (Lipinski definition) is 1. The highest BCUT2D eigenvalue weighted by Gasteiger charge is 2.29. The summed E-state index contributed by atoms with van der Waals surface area (Å²) in [7, 11) is 0. The molecule has 1 unspecified atom stereocenters. The Bertz CT molecular complexity index is 287. The van der Waals surface area contributed by atoms with Crippen LogP contribution in [0.4, 0.5) is 0 Å². The first-order chi connectivity index (χ1) is 6.94. The van der Waals surface area contributed by atoms with Crippen LogP contribution in [0.5, 0.6) is 0 Å². The summed E-state index contributed by atoms with van der Waals surface area (Å²) >= 11 is 0. The summed E-state index contributed by atoms with van der Waals surface area (Å²) in [5, 5.41) is 10.2. The van der Waals surface area contributed by atoms with E-state index >= 15 is 0 Å². The topological polar surface area (TPSA) is 20.2 Å². The average molecular weight is 206 g/mol. The third-order valence-corrected chi connectivity index (χ3v) is 3.05. The minimum Gasteiger partial charge on any atom is -0.392 e. The highest BCUT2D eigenvalue weighted by atomic mass is 16.3. The summed E-state index contributed by atoms with van der Waals surface area (Å²) < 4.78 is 0. The van der Waals surface area contributed by atoms with Crippen LogP contribution in [0.2, 0.25) is 0 Å². The van der Waals surface area contributed by atoms with Gasteiger partial charge in [0.15, 0.2) is 0 Å². The molecule has 0 aliphatic rings. The first kappa shape index (κ1) is 12.3. The molecule has 1 aromatic rings. The Morgan fingerprint density at radius 3 is 2.13 bits per heavy atom. The number of aliphatic hydroxyl groups is 1. The summed E-state index contributed by atoms with van der Waals surface area (Å²) in [5.74, 6) is 0.531. The molecule has 1 atom stereocenters. The van der Waals surface area contributed by atoms with Gasteiger partial charge in [0.2, 0.25) is 0 Å².